The van der Waals surface area contributed by atoms with Crippen molar-refractivity contribution in [2.45, 2.75) is 13.0 Å². The minimum atomic E-state index is -0.501. The lowest BCUT2D eigenvalue weighted by Gasteiger charge is -2.20. The van der Waals surface area contributed by atoms with Gasteiger partial charge in [-0.15, -0.1) is 0 Å². The smallest absolute Gasteiger partial charge is 0.152 e. The summed E-state index contributed by atoms with van der Waals surface area (Å²) in [6.07, 6.45) is 4.09. The molecule has 1 aromatic carbocycles. The molecule has 0 fully saturated rings. The van der Waals surface area contributed by atoms with Gasteiger partial charge in [0, 0.05) is 18.8 Å². The van der Waals surface area contributed by atoms with E-state index in [0.29, 0.717) is 48.0 Å². The van der Waals surface area contributed by atoms with Gasteiger partial charge in [-0.1, -0.05) is 23.7 Å². The average molecular weight is 397 g/mol. The Bertz CT molecular complexity index is 1070. The van der Waals surface area contributed by atoms with Crippen LogP contribution < -0.4 is 10.6 Å². The molecule has 0 bridgehead atoms. The van der Waals surface area contributed by atoms with Crippen LogP contribution in [-0.4, -0.2) is 34.3 Å². The second-order valence-corrected chi connectivity index (χ2v) is 6.78. The molecular weight excluding hydrogens is 379 g/mol. The van der Waals surface area contributed by atoms with Gasteiger partial charge in [-0.2, -0.15) is 0 Å². The van der Waals surface area contributed by atoms with Crippen molar-refractivity contribution in [3.8, 4) is 0 Å². The van der Waals surface area contributed by atoms with E-state index in [2.05, 4.69) is 19.9 Å². The van der Waals surface area contributed by atoms with Crippen LogP contribution in [0.4, 0.5) is 16.0 Å². The Balaban J connectivity index is 1.68. The van der Waals surface area contributed by atoms with Gasteiger partial charge in [0.1, 0.15) is 11.5 Å². The molecule has 1 aliphatic heterocycles. The van der Waals surface area contributed by atoms with E-state index in [1.165, 1.54) is 6.07 Å². The molecule has 6 nitrogen and oxygen atoms in total. The highest BCUT2D eigenvalue weighted by atomic mass is 35.5. The molecule has 0 amide bonds. The Morgan fingerprint density at radius 1 is 1.21 bits per heavy atom. The van der Waals surface area contributed by atoms with Crippen molar-refractivity contribution >= 4 is 28.9 Å². The summed E-state index contributed by atoms with van der Waals surface area (Å²) >= 11 is 5.91. The van der Waals surface area contributed by atoms with Crippen LogP contribution in [0.3, 0.4) is 0 Å². The topological polar surface area (TPSA) is 80.3 Å². The Hall–Kier alpha value is -2.90. The predicted molar refractivity (Wildman–Crippen MR) is 108 cm³/mol. The van der Waals surface area contributed by atoms with Crippen molar-refractivity contribution in [1.82, 2.24) is 15.0 Å². The number of pyridine rings is 1. The first-order valence-electron chi connectivity index (χ1n) is 8.83. The minimum Gasteiger partial charge on any atom is -0.330 e. The van der Waals surface area contributed by atoms with Gasteiger partial charge in [-0.05, 0) is 36.7 Å². The molecule has 0 spiro atoms. The molecule has 28 heavy (non-hydrogen) atoms. The Morgan fingerprint density at radius 2 is 2.07 bits per heavy atom. The third kappa shape index (κ3) is 3.23. The van der Waals surface area contributed by atoms with Gasteiger partial charge in [0.2, 0.25) is 0 Å². The maximum Gasteiger partial charge on any atom is 0.152 e. The second-order valence-electron chi connectivity index (χ2n) is 6.37. The van der Waals surface area contributed by atoms with E-state index >= 15 is 0 Å². The lowest BCUT2D eigenvalue weighted by molar-refractivity contribution is 0.625. The van der Waals surface area contributed by atoms with Crippen LogP contribution in [0.15, 0.2) is 47.7 Å². The van der Waals surface area contributed by atoms with Crippen LogP contribution in [0.1, 0.15) is 22.5 Å². The van der Waals surface area contributed by atoms with Gasteiger partial charge in [0.05, 0.1) is 29.2 Å². The van der Waals surface area contributed by atoms with Crippen molar-refractivity contribution in [2.24, 2.45) is 10.7 Å². The first kappa shape index (κ1) is 18.5. The Labute approximate surface area is 166 Å². The SMILES string of the molecule is CN(c1cnc2c(n1)CN=C2c1cccc(Cl)c1F)c1ncccc1CCN. The molecule has 0 aliphatic carbocycles. The third-order valence-electron chi connectivity index (χ3n) is 4.59. The first-order chi connectivity index (χ1) is 13.6. The van der Waals surface area contributed by atoms with Crippen LogP contribution in [0.2, 0.25) is 5.02 Å². The fourth-order valence-corrected chi connectivity index (χ4v) is 3.38. The summed E-state index contributed by atoms with van der Waals surface area (Å²) in [4.78, 5) is 20.0. The van der Waals surface area contributed by atoms with E-state index in [4.69, 9.17) is 17.3 Å². The summed E-state index contributed by atoms with van der Waals surface area (Å²) in [7, 11) is 1.88. The number of nitrogens with zero attached hydrogens (tertiary/aromatic N) is 5. The van der Waals surface area contributed by atoms with E-state index in [-0.39, 0.29) is 5.02 Å². The molecule has 0 saturated heterocycles. The predicted octanol–water partition coefficient (Wildman–Crippen LogP) is 3.28. The van der Waals surface area contributed by atoms with Gasteiger partial charge in [-0.25, -0.2) is 19.3 Å². The quantitative estimate of drug-likeness (QED) is 0.715. The number of anilines is 2. The van der Waals surface area contributed by atoms with Gasteiger partial charge in [0.15, 0.2) is 11.6 Å². The maximum absolute atomic E-state index is 14.4. The van der Waals surface area contributed by atoms with E-state index in [1.54, 1.807) is 24.5 Å². The number of rotatable bonds is 5. The summed E-state index contributed by atoms with van der Waals surface area (Å²) in [5.74, 6) is 0.916. The lowest BCUT2D eigenvalue weighted by atomic mass is 10.1. The number of benzene rings is 1. The number of aromatic nitrogens is 3. The van der Waals surface area contributed by atoms with Crippen LogP contribution in [0, 0.1) is 5.82 Å². The minimum absolute atomic E-state index is 0.0561. The molecule has 3 heterocycles. The number of fused-ring (bicyclic) bond motifs is 1. The lowest BCUT2D eigenvalue weighted by Crippen LogP contribution is -2.18. The maximum atomic E-state index is 14.4. The van der Waals surface area contributed by atoms with Gasteiger partial charge in [-0.3, -0.25) is 4.99 Å². The molecule has 142 valence electrons. The zero-order chi connectivity index (χ0) is 19.7. The Morgan fingerprint density at radius 3 is 2.89 bits per heavy atom. The van der Waals surface area contributed by atoms with Crippen molar-refractivity contribution < 1.29 is 4.39 Å². The molecule has 0 saturated carbocycles. The van der Waals surface area contributed by atoms with E-state index in [1.807, 2.05) is 24.1 Å². The zero-order valence-electron chi connectivity index (χ0n) is 15.2. The van der Waals surface area contributed by atoms with E-state index < -0.39 is 5.82 Å². The normalized spacial score (nSPS) is 12.6. The molecule has 3 aromatic rings. The third-order valence-corrected chi connectivity index (χ3v) is 4.88. The monoisotopic (exact) mass is 396 g/mol. The number of hydrogen-bond acceptors (Lipinski definition) is 6. The van der Waals surface area contributed by atoms with E-state index in [0.717, 1.165) is 11.4 Å². The van der Waals surface area contributed by atoms with Crippen molar-refractivity contribution in [3.05, 3.63) is 76.1 Å². The highest BCUT2D eigenvalue weighted by Gasteiger charge is 2.25. The first-order valence-corrected chi connectivity index (χ1v) is 9.20. The molecule has 4 rings (SSSR count). The molecule has 0 atom stereocenters. The number of nitrogens with two attached hydrogens (primary N) is 1. The summed E-state index contributed by atoms with van der Waals surface area (Å²) < 4.78 is 14.4. The van der Waals surface area contributed by atoms with Crippen molar-refractivity contribution in [1.29, 1.82) is 0 Å². The highest BCUT2D eigenvalue weighted by molar-refractivity contribution is 6.31. The largest absolute Gasteiger partial charge is 0.330 e. The molecule has 2 N–H and O–H groups in total. The Kier molecular flexibility index (Phi) is 5.02. The van der Waals surface area contributed by atoms with Gasteiger partial charge >= 0.3 is 0 Å². The van der Waals surface area contributed by atoms with Gasteiger partial charge < -0.3 is 10.6 Å². The number of halogens is 2. The second kappa shape index (κ2) is 7.61. The molecular formula is C20H18ClFN6. The standard InChI is InChI=1S/C20H18ClFN6/c1-28(20-12(7-8-23)4-3-9-24-20)16-11-26-19-15(27-16)10-25-18(19)13-5-2-6-14(21)17(13)22/h2-6,9,11H,7-8,10,23H2,1H3. The summed E-state index contributed by atoms with van der Waals surface area (Å²) in [6.45, 7) is 0.869. The summed E-state index contributed by atoms with van der Waals surface area (Å²) in [6, 6.07) is 8.72. The summed E-state index contributed by atoms with van der Waals surface area (Å²) in [5, 5.41) is 0.0561. The van der Waals surface area contributed by atoms with Gasteiger partial charge in [0.25, 0.3) is 0 Å². The van der Waals surface area contributed by atoms with Crippen LogP contribution in [0.25, 0.3) is 0 Å². The van der Waals surface area contributed by atoms with Crippen molar-refractivity contribution in [3.63, 3.8) is 0 Å². The average Bonchev–Trinajstić information content (AvgIpc) is 3.13. The molecule has 0 unspecified atom stereocenters. The fourth-order valence-electron chi connectivity index (χ4n) is 3.21. The van der Waals surface area contributed by atoms with Crippen LogP contribution in [-0.2, 0) is 13.0 Å². The van der Waals surface area contributed by atoms with Crippen LogP contribution >= 0.6 is 11.6 Å². The fraction of sp³-hybridized carbons (Fsp3) is 0.200. The number of hydrogen-bond donors (Lipinski definition) is 1. The molecule has 1 aliphatic rings. The molecule has 2 aromatic heterocycles. The van der Waals surface area contributed by atoms with Crippen LogP contribution in [0.5, 0.6) is 0 Å². The number of aliphatic imine (C=N–C) groups is 1. The van der Waals surface area contributed by atoms with Crippen molar-refractivity contribution in [2.75, 3.05) is 18.5 Å². The molecule has 0 radical (unpaired) electrons. The van der Waals surface area contributed by atoms with E-state index in [9.17, 15) is 4.39 Å². The zero-order valence-corrected chi connectivity index (χ0v) is 16.0. The highest BCUT2D eigenvalue weighted by Crippen LogP contribution is 2.28. The summed E-state index contributed by atoms with van der Waals surface area (Å²) in [5.41, 5.74) is 8.80. The molecule has 8 heteroatoms.